The van der Waals surface area contributed by atoms with Crippen LogP contribution in [0.2, 0.25) is 0 Å². The summed E-state index contributed by atoms with van der Waals surface area (Å²) in [5.74, 6) is 0.231. The van der Waals surface area contributed by atoms with Crippen LogP contribution in [0.3, 0.4) is 0 Å². The van der Waals surface area contributed by atoms with Gasteiger partial charge >= 0.3 is 10.1 Å². The Balaban J connectivity index is 2.53. The third-order valence-corrected chi connectivity index (χ3v) is 2.66. The summed E-state index contributed by atoms with van der Waals surface area (Å²) in [5.41, 5.74) is 9.19. The lowest BCUT2D eigenvalue weighted by molar-refractivity contribution is 0.494. The van der Waals surface area contributed by atoms with E-state index in [1.165, 1.54) is 18.2 Å². The first-order chi connectivity index (χ1) is 7.11. The van der Waals surface area contributed by atoms with Crippen molar-refractivity contribution in [2.75, 3.05) is 0 Å². The summed E-state index contributed by atoms with van der Waals surface area (Å²) >= 11 is 0. The zero-order valence-electron chi connectivity index (χ0n) is 7.36. The van der Waals surface area contributed by atoms with Crippen LogP contribution in [0, 0.1) is 0 Å². The number of hydrogen-bond acceptors (Lipinski definition) is 4. The van der Waals surface area contributed by atoms with Gasteiger partial charge in [-0.05, 0) is 29.8 Å². The Hall–Kier alpha value is -1.98. The SMILES string of the molecule is [N-]=[N+]=Nc1ccc2c(c1)C=CS(=O)(=O)O2. The molecule has 1 aliphatic rings. The minimum Gasteiger partial charge on any atom is -0.379 e. The van der Waals surface area contributed by atoms with Gasteiger partial charge in [-0.1, -0.05) is 5.11 Å². The van der Waals surface area contributed by atoms with E-state index in [1.807, 2.05) is 0 Å². The number of rotatable bonds is 1. The van der Waals surface area contributed by atoms with Crippen LogP contribution >= 0.6 is 0 Å². The highest BCUT2D eigenvalue weighted by Crippen LogP contribution is 2.30. The van der Waals surface area contributed by atoms with Crippen LogP contribution in [0.1, 0.15) is 5.56 Å². The van der Waals surface area contributed by atoms with E-state index in [0.717, 1.165) is 5.41 Å². The predicted molar refractivity (Wildman–Crippen MR) is 53.8 cm³/mol. The number of benzene rings is 1. The summed E-state index contributed by atoms with van der Waals surface area (Å²) in [6.07, 6.45) is 1.39. The standard InChI is InChI=1S/C8H5N3O3S/c9-11-10-7-1-2-8-6(5-7)3-4-15(12,13)14-8/h1-5H. The molecule has 0 aromatic heterocycles. The maximum Gasteiger partial charge on any atom is 0.332 e. The molecule has 1 heterocycles. The first kappa shape index (κ1) is 9.57. The molecule has 6 nitrogen and oxygen atoms in total. The molecule has 15 heavy (non-hydrogen) atoms. The molecular formula is C8H5N3O3S. The first-order valence-electron chi connectivity index (χ1n) is 3.92. The van der Waals surface area contributed by atoms with Crippen LogP contribution < -0.4 is 4.18 Å². The summed E-state index contributed by atoms with van der Waals surface area (Å²) in [6, 6.07) is 4.47. The summed E-state index contributed by atoms with van der Waals surface area (Å²) < 4.78 is 26.8. The van der Waals surface area contributed by atoms with Crippen molar-refractivity contribution < 1.29 is 12.6 Å². The average Bonchev–Trinajstić information content (AvgIpc) is 2.18. The number of nitrogens with zero attached hydrogens (tertiary/aromatic N) is 3. The molecule has 2 rings (SSSR count). The van der Waals surface area contributed by atoms with Crippen molar-refractivity contribution in [1.82, 2.24) is 0 Å². The van der Waals surface area contributed by atoms with Crippen LogP contribution in [0.15, 0.2) is 28.7 Å². The van der Waals surface area contributed by atoms with Gasteiger partial charge in [0.15, 0.2) is 0 Å². The molecule has 7 heteroatoms. The second kappa shape index (κ2) is 3.30. The molecule has 0 amide bonds. The molecule has 0 unspecified atom stereocenters. The van der Waals surface area contributed by atoms with Crippen molar-refractivity contribution in [3.05, 3.63) is 39.6 Å². The molecule has 1 aromatic carbocycles. The number of hydrogen-bond donors (Lipinski definition) is 0. The molecule has 0 atom stereocenters. The van der Waals surface area contributed by atoms with E-state index < -0.39 is 10.1 Å². The topological polar surface area (TPSA) is 92.1 Å². The van der Waals surface area contributed by atoms with Gasteiger partial charge in [-0.2, -0.15) is 8.42 Å². The Bertz CT molecular complexity index is 585. The number of azide groups is 1. The van der Waals surface area contributed by atoms with Gasteiger partial charge in [0.1, 0.15) is 5.75 Å². The molecule has 0 radical (unpaired) electrons. The maximum absolute atomic E-state index is 11.0. The average molecular weight is 223 g/mol. The van der Waals surface area contributed by atoms with Crippen molar-refractivity contribution in [2.24, 2.45) is 5.11 Å². The van der Waals surface area contributed by atoms with Gasteiger partial charge in [0.2, 0.25) is 0 Å². The largest absolute Gasteiger partial charge is 0.379 e. The van der Waals surface area contributed by atoms with E-state index in [0.29, 0.717) is 11.3 Å². The fourth-order valence-electron chi connectivity index (χ4n) is 1.17. The zero-order chi connectivity index (χ0) is 10.9. The highest BCUT2D eigenvalue weighted by molar-refractivity contribution is 7.90. The van der Waals surface area contributed by atoms with E-state index in [1.54, 1.807) is 6.07 Å². The van der Waals surface area contributed by atoms with Crippen molar-refractivity contribution >= 4 is 21.9 Å². The van der Waals surface area contributed by atoms with Gasteiger partial charge < -0.3 is 4.18 Å². The third-order valence-electron chi connectivity index (χ3n) is 1.77. The molecule has 0 N–H and O–H groups in total. The Kier molecular flexibility index (Phi) is 2.11. The molecule has 0 saturated heterocycles. The second-order valence-corrected chi connectivity index (χ2v) is 4.21. The molecule has 0 fully saturated rings. The van der Waals surface area contributed by atoms with Crippen molar-refractivity contribution in [2.45, 2.75) is 0 Å². The highest BCUT2D eigenvalue weighted by Gasteiger charge is 2.16. The van der Waals surface area contributed by atoms with Crippen molar-refractivity contribution in [3.8, 4) is 5.75 Å². The normalized spacial score (nSPS) is 16.0. The Morgan fingerprint density at radius 2 is 2.20 bits per heavy atom. The lowest BCUT2D eigenvalue weighted by atomic mass is 10.2. The first-order valence-corrected chi connectivity index (χ1v) is 5.39. The van der Waals surface area contributed by atoms with Gasteiger partial charge in [0.25, 0.3) is 0 Å². The van der Waals surface area contributed by atoms with Gasteiger partial charge in [-0.15, -0.1) is 0 Å². The fourth-order valence-corrected chi connectivity index (χ4v) is 1.94. The van der Waals surface area contributed by atoms with Crippen LogP contribution in [-0.4, -0.2) is 8.42 Å². The summed E-state index contributed by atoms with van der Waals surface area (Å²) in [7, 11) is -3.61. The van der Waals surface area contributed by atoms with Crippen molar-refractivity contribution in [1.29, 1.82) is 0 Å². The second-order valence-electron chi connectivity index (χ2n) is 2.79. The Labute approximate surface area is 85.5 Å². The Morgan fingerprint density at radius 1 is 1.40 bits per heavy atom. The van der Waals surface area contributed by atoms with E-state index in [4.69, 9.17) is 9.71 Å². The van der Waals surface area contributed by atoms with E-state index in [-0.39, 0.29) is 5.75 Å². The smallest absolute Gasteiger partial charge is 0.332 e. The predicted octanol–water partition coefficient (Wildman–Crippen LogP) is 2.32. The molecular weight excluding hydrogens is 218 g/mol. The number of fused-ring (bicyclic) bond motifs is 1. The minimum absolute atomic E-state index is 0.231. The lowest BCUT2D eigenvalue weighted by Crippen LogP contribution is -2.09. The van der Waals surface area contributed by atoms with E-state index in [9.17, 15) is 8.42 Å². The molecule has 0 saturated carbocycles. The van der Waals surface area contributed by atoms with Gasteiger partial charge in [0, 0.05) is 16.2 Å². The van der Waals surface area contributed by atoms with Crippen LogP contribution in [0.5, 0.6) is 5.75 Å². The molecule has 0 spiro atoms. The lowest BCUT2D eigenvalue weighted by Gasteiger charge is -2.11. The highest BCUT2D eigenvalue weighted by atomic mass is 32.2. The summed E-state index contributed by atoms with van der Waals surface area (Å²) in [4.78, 5) is 2.63. The molecule has 0 aliphatic carbocycles. The fraction of sp³-hybridized carbons (Fsp3) is 0. The quantitative estimate of drug-likeness (QED) is 0.316. The minimum atomic E-state index is -3.61. The van der Waals surface area contributed by atoms with Crippen molar-refractivity contribution in [3.63, 3.8) is 0 Å². The third kappa shape index (κ3) is 1.93. The van der Waals surface area contributed by atoms with Crippen LogP contribution in [0.4, 0.5) is 5.69 Å². The molecule has 1 aromatic rings. The monoisotopic (exact) mass is 223 g/mol. The van der Waals surface area contributed by atoms with Gasteiger partial charge in [-0.25, -0.2) is 0 Å². The van der Waals surface area contributed by atoms with Crippen LogP contribution in [-0.2, 0) is 10.1 Å². The Morgan fingerprint density at radius 3 is 2.93 bits per heavy atom. The summed E-state index contributed by atoms with van der Waals surface area (Å²) in [5, 5.41) is 4.35. The molecule has 0 bridgehead atoms. The summed E-state index contributed by atoms with van der Waals surface area (Å²) in [6.45, 7) is 0. The maximum atomic E-state index is 11.0. The van der Waals surface area contributed by atoms with Crippen LogP contribution in [0.25, 0.3) is 16.5 Å². The van der Waals surface area contributed by atoms with Gasteiger partial charge in [-0.3, -0.25) is 0 Å². The molecule has 76 valence electrons. The van der Waals surface area contributed by atoms with E-state index in [2.05, 4.69) is 10.0 Å². The zero-order valence-corrected chi connectivity index (χ0v) is 8.18. The van der Waals surface area contributed by atoms with E-state index >= 15 is 0 Å². The molecule has 1 aliphatic heterocycles. The van der Waals surface area contributed by atoms with Gasteiger partial charge in [0.05, 0.1) is 5.41 Å².